The zero-order valence-electron chi connectivity index (χ0n) is 13.7. The maximum absolute atomic E-state index is 12.8. The molecular formula is C16H20ClF3N2O2. The quantitative estimate of drug-likeness (QED) is 0.892. The Bertz CT molecular complexity index is 607. The molecule has 0 spiro atoms. The van der Waals surface area contributed by atoms with Crippen LogP contribution in [0.1, 0.15) is 29.8 Å². The molecule has 0 aliphatic carbocycles. The lowest BCUT2D eigenvalue weighted by Crippen LogP contribution is -2.43. The zero-order valence-corrected chi connectivity index (χ0v) is 14.4. The second-order valence-electron chi connectivity index (χ2n) is 6.09. The molecule has 1 aliphatic heterocycles. The standard InChI is InChI=1S/C16H20ClF3N2O2/c1-9(2)22-7-13(14(8-22)24-3)21-15(23)11-6-10(16(18,19)20)4-5-12(11)17/h4-6,9,13-14H,7-8H2,1-3H3,(H,21,23)/t13-,14-/m1/s1. The number of methoxy groups -OCH3 is 1. The first-order chi connectivity index (χ1) is 11.1. The van der Waals surface area contributed by atoms with Crippen molar-refractivity contribution in [1.29, 1.82) is 0 Å². The molecule has 2 rings (SSSR count). The summed E-state index contributed by atoms with van der Waals surface area (Å²) in [4.78, 5) is 14.5. The topological polar surface area (TPSA) is 41.6 Å². The average molecular weight is 365 g/mol. The lowest BCUT2D eigenvalue weighted by molar-refractivity contribution is -0.137. The third kappa shape index (κ3) is 4.20. The van der Waals surface area contributed by atoms with Gasteiger partial charge in [0.1, 0.15) is 0 Å². The lowest BCUT2D eigenvalue weighted by atomic mass is 10.1. The van der Waals surface area contributed by atoms with Crippen molar-refractivity contribution >= 4 is 17.5 Å². The minimum atomic E-state index is -4.53. The summed E-state index contributed by atoms with van der Waals surface area (Å²) in [6.07, 6.45) is -4.75. The first kappa shape index (κ1) is 19.0. The fourth-order valence-corrected chi connectivity index (χ4v) is 2.93. The van der Waals surface area contributed by atoms with Crippen molar-refractivity contribution in [2.24, 2.45) is 0 Å². The summed E-state index contributed by atoms with van der Waals surface area (Å²) < 4.78 is 43.8. The van der Waals surface area contributed by atoms with Crippen molar-refractivity contribution in [3.05, 3.63) is 34.3 Å². The van der Waals surface area contributed by atoms with E-state index in [0.717, 1.165) is 18.2 Å². The molecule has 1 N–H and O–H groups in total. The molecule has 134 valence electrons. The summed E-state index contributed by atoms with van der Waals surface area (Å²) in [5.74, 6) is -0.635. The number of nitrogens with zero attached hydrogens (tertiary/aromatic N) is 1. The van der Waals surface area contributed by atoms with E-state index in [2.05, 4.69) is 10.2 Å². The fraction of sp³-hybridized carbons (Fsp3) is 0.562. The Hall–Kier alpha value is -1.31. The van der Waals surface area contributed by atoms with E-state index < -0.39 is 17.6 Å². The van der Waals surface area contributed by atoms with Crippen LogP contribution in [-0.2, 0) is 10.9 Å². The van der Waals surface area contributed by atoms with E-state index in [1.54, 1.807) is 7.11 Å². The molecule has 1 heterocycles. The Kier molecular flexibility index (Phi) is 5.78. The second kappa shape index (κ2) is 7.29. The molecule has 1 saturated heterocycles. The summed E-state index contributed by atoms with van der Waals surface area (Å²) in [6.45, 7) is 5.27. The van der Waals surface area contributed by atoms with Crippen LogP contribution in [0, 0.1) is 0 Å². The number of benzene rings is 1. The van der Waals surface area contributed by atoms with Gasteiger partial charge in [-0.3, -0.25) is 9.69 Å². The summed E-state index contributed by atoms with van der Waals surface area (Å²) in [5, 5.41) is 2.72. The number of ether oxygens (including phenoxy) is 1. The van der Waals surface area contributed by atoms with Crippen LogP contribution in [0.5, 0.6) is 0 Å². The van der Waals surface area contributed by atoms with Crippen LogP contribution in [0.4, 0.5) is 13.2 Å². The SMILES string of the molecule is CO[C@@H]1CN(C(C)C)C[C@H]1NC(=O)c1cc(C(F)(F)F)ccc1Cl. The molecule has 1 amide bonds. The van der Waals surface area contributed by atoms with Crippen molar-refractivity contribution in [2.45, 2.75) is 38.2 Å². The minimum absolute atomic E-state index is 0.0202. The molecule has 1 fully saturated rings. The van der Waals surface area contributed by atoms with E-state index in [9.17, 15) is 18.0 Å². The third-order valence-electron chi connectivity index (χ3n) is 4.18. The first-order valence-electron chi connectivity index (χ1n) is 7.58. The molecule has 1 aliphatic rings. The summed E-state index contributed by atoms with van der Waals surface area (Å²) in [7, 11) is 1.55. The van der Waals surface area contributed by atoms with Gasteiger partial charge >= 0.3 is 6.18 Å². The normalized spacial score (nSPS) is 22.2. The Morgan fingerprint density at radius 2 is 2.04 bits per heavy atom. The molecule has 1 aromatic rings. The van der Waals surface area contributed by atoms with Gasteiger partial charge < -0.3 is 10.1 Å². The van der Waals surface area contributed by atoms with Crippen LogP contribution in [0.2, 0.25) is 5.02 Å². The number of carbonyl (C=O) groups excluding carboxylic acids is 1. The highest BCUT2D eigenvalue weighted by Crippen LogP contribution is 2.32. The molecule has 0 aromatic heterocycles. The Balaban J connectivity index is 2.17. The maximum atomic E-state index is 12.8. The van der Waals surface area contributed by atoms with Crippen LogP contribution < -0.4 is 5.32 Å². The van der Waals surface area contributed by atoms with Crippen LogP contribution in [-0.4, -0.2) is 49.2 Å². The van der Waals surface area contributed by atoms with Crippen LogP contribution >= 0.6 is 11.6 Å². The molecular weight excluding hydrogens is 345 g/mol. The predicted molar refractivity (Wildman–Crippen MR) is 85.2 cm³/mol. The largest absolute Gasteiger partial charge is 0.416 e. The van der Waals surface area contributed by atoms with Gasteiger partial charge in [-0.2, -0.15) is 13.2 Å². The fourth-order valence-electron chi connectivity index (χ4n) is 2.72. The molecule has 4 nitrogen and oxygen atoms in total. The molecule has 0 saturated carbocycles. The van der Waals surface area contributed by atoms with Crippen molar-refractivity contribution in [3.63, 3.8) is 0 Å². The third-order valence-corrected chi connectivity index (χ3v) is 4.51. The monoisotopic (exact) mass is 364 g/mol. The number of rotatable bonds is 4. The van der Waals surface area contributed by atoms with E-state index >= 15 is 0 Å². The maximum Gasteiger partial charge on any atom is 0.416 e. The highest BCUT2D eigenvalue weighted by molar-refractivity contribution is 6.33. The first-order valence-corrected chi connectivity index (χ1v) is 7.95. The smallest absolute Gasteiger partial charge is 0.378 e. The van der Waals surface area contributed by atoms with Crippen LogP contribution in [0.15, 0.2) is 18.2 Å². The van der Waals surface area contributed by atoms with Crippen molar-refractivity contribution in [1.82, 2.24) is 10.2 Å². The summed E-state index contributed by atoms with van der Waals surface area (Å²) in [6, 6.07) is 2.68. The number of hydrogen-bond acceptors (Lipinski definition) is 3. The van der Waals surface area contributed by atoms with Crippen molar-refractivity contribution in [3.8, 4) is 0 Å². The highest BCUT2D eigenvalue weighted by atomic mass is 35.5. The lowest BCUT2D eigenvalue weighted by Gasteiger charge is -2.20. The number of halogens is 4. The number of amides is 1. The Morgan fingerprint density at radius 1 is 1.38 bits per heavy atom. The van der Waals surface area contributed by atoms with E-state index in [1.165, 1.54) is 0 Å². The summed E-state index contributed by atoms with van der Waals surface area (Å²) >= 11 is 5.91. The van der Waals surface area contributed by atoms with Gasteiger partial charge in [0.15, 0.2) is 0 Å². The van der Waals surface area contributed by atoms with Crippen LogP contribution in [0.25, 0.3) is 0 Å². The number of hydrogen-bond donors (Lipinski definition) is 1. The number of alkyl halides is 3. The van der Waals surface area contributed by atoms with Gasteiger partial charge in [0.2, 0.25) is 0 Å². The van der Waals surface area contributed by atoms with E-state index in [-0.39, 0.29) is 28.8 Å². The molecule has 8 heteroatoms. The molecule has 0 unspecified atom stereocenters. The van der Waals surface area contributed by atoms with Gasteiger partial charge in [0.05, 0.1) is 28.3 Å². The molecule has 0 radical (unpaired) electrons. The number of carbonyl (C=O) groups is 1. The Labute approximate surface area is 143 Å². The van der Waals surface area contributed by atoms with E-state index in [0.29, 0.717) is 13.1 Å². The van der Waals surface area contributed by atoms with Gasteiger partial charge in [0.25, 0.3) is 5.91 Å². The van der Waals surface area contributed by atoms with Crippen molar-refractivity contribution < 1.29 is 22.7 Å². The van der Waals surface area contributed by atoms with Crippen molar-refractivity contribution in [2.75, 3.05) is 20.2 Å². The molecule has 0 bridgehead atoms. The van der Waals surface area contributed by atoms with Gasteiger partial charge in [-0.15, -0.1) is 0 Å². The molecule has 1 aromatic carbocycles. The molecule has 24 heavy (non-hydrogen) atoms. The van der Waals surface area contributed by atoms with Gasteiger partial charge in [-0.05, 0) is 32.0 Å². The van der Waals surface area contributed by atoms with Gasteiger partial charge in [-0.25, -0.2) is 0 Å². The van der Waals surface area contributed by atoms with Crippen LogP contribution in [0.3, 0.4) is 0 Å². The average Bonchev–Trinajstić information content (AvgIpc) is 2.89. The molecule has 2 atom stereocenters. The zero-order chi connectivity index (χ0) is 18.1. The highest BCUT2D eigenvalue weighted by Gasteiger charge is 2.36. The van der Waals surface area contributed by atoms with Gasteiger partial charge in [-0.1, -0.05) is 11.6 Å². The second-order valence-corrected chi connectivity index (χ2v) is 6.50. The summed E-state index contributed by atoms with van der Waals surface area (Å²) in [5.41, 5.74) is -1.10. The van der Waals surface area contributed by atoms with Gasteiger partial charge in [0, 0.05) is 26.2 Å². The Morgan fingerprint density at radius 3 is 2.58 bits per heavy atom. The number of nitrogens with one attached hydrogen (secondary N) is 1. The predicted octanol–water partition coefficient (Wildman–Crippen LogP) is 3.20. The minimum Gasteiger partial charge on any atom is -0.378 e. The van der Waals surface area contributed by atoms with E-state index in [1.807, 2.05) is 13.8 Å². The van der Waals surface area contributed by atoms with E-state index in [4.69, 9.17) is 16.3 Å². The number of likely N-dealkylation sites (tertiary alicyclic amines) is 1.